The van der Waals surface area contributed by atoms with Crippen molar-refractivity contribution in [2.24, 2.45) is 0 Å². The van der Waals surface area contributed by atoms with Crippen LogP contribution in [0.25, 0.3) is 16.9 Å². The molecule has 5 rings (SSSR count). The van der Waals surface area contributed by atoms with Gasteiger partial charge in [-0.05, 0) is 84.8 Å². The molecule has 2 heterocycles. The molecule has 194 valence electrons. The van der Waals surface area contributed by atoms with Gasteiger partial charge in [0, 0.05) is 62.3 Å². The first kappa shape index (κ1) is 25.3. The van der Waals surface area contributed by atoms with Crippen LogP contribution in [0.4, 0.5) is 15.8 Å². The summed E-state index contributed by atoms with van der Waals surface area (Å²) in [6.45, 7) is 4.53. The van der Waals surface area contributed by atoms with Gasteiger partial charge < -0.3 is 19.7 Å². The Hall–Kier alpha value is -4.39. The van der Waals surface area contributed by atoms with Gasteiger partial charge in [-0.1, -0.05) is 18.2 Å². The summed E-state index contributed by atoms with van der Waals surface area (Å²) in [5, 5.41) is 2.79. The van der Waals surface area contributed by atoms with Crippen LogP contribution < -0.4 is 10.2 Å². The Bertz CT molecular complexity index is 1390. The number of anilines is 2. The zero-order valence-corrected chi connectivity index (χ0v) is 21.4. The van der Waals surface area contributed by atoms with Crippen LogP contribution in [0.5, 0.6) is 0 Å². The molecule has 6 nitrogen and oxygen atoms in total. The molecule has 0 bridgehead atoms. The van der Waals surface area contributed by atoms with E-state index in [9.17, 15) is 14.0 Å². The van der Waals surface area contributed by atoms with Crippen molar-refractivity contribution in [1.29, 1.82) is 0 Å². The molecular weight excluding hydrogens is 479 g/mol. The minimum atomic E-state index is -0.287. The number of rotatable bonds is 7. The first-order valence-corrected chi connectivity index (χ1v) is 12.9. The smallest absolute Gasteiger partial charge is 0.223 e. The van der Waals surface area contributed by atoms with Gasteiger partial charge in [0.05, 0.1) is 5.69 Å². The fourth-order valence-corrected chi connectivity index (χ4v) is 4.97. The Balaban J connectivity index is 1.32. The molecular formula is C31H31FN4O2. The van der Waals surface area contributed by atoms with Gasteiger partial charge in [-0.15, -0.1) is 0 Å². The lowest BCUT2D eigenvalue weighted by Crippen LogP contribution is -2.48. The number of aryl methyl sites for hydroxylation is 1. The molecule has 0 aliphatic carbocycles. The highest BCUT2D eigenvalue weighted by atomic mass is 19.1. The zero-order chi connectivity index (χ0) is 26.5. The zero-order valence-electron chi connectivity index (χ0n) is 21.4. The van der Waals surface area contributed by atoms with E-state index in [0.29, 0.717) is 31.6 Å². The van der Waals surface area contributed by atoms with Gasteiger partial charge in [-0.3, -0.25) is 9.59 Å². The molecule has 1 N–H and O–H groups in total. The van der Waals surface area contributed by atoms with Crippen LogP contribution >= 0.6 is 0 Å². The van der Waals surface area contributed by atoms with Crippen LogP contribution in [-0.2, 0) is 16.0 Å². The summed E-state index contributed by atoms with van der Waals surface area (Å²) < 4.78 is 15.7. The number of hydrogen-bond donors (Lipinski definition) is 1. The third-order valence-electron chi connectivity index (χ3n) is 6.90. The van der Waals surface area contributed by atoms with E-state index in [0.717, 1.165) is 35.7 Å². The average molecular weight is 511 g/mol. The molecule has 1 fully saturated rings. The van der Waals surface area contributed by atoms with Gasteiger partial charge in [-0.25, -0.2) is 4.39 Å². The summed E-state index contributed by atoms with van der Waals surface area (Å²) in [4.78, 5) is 28.8. The molecule has 1 saturated heterocycles. The molecule has 0 unspecified atom stereocenters. The van der Waals surface area contributed by atoms with Crippen molar-refractivity contribution in [2.45, 2.75) is 19.8 Å². The SMILES string of the molecule is CC(=O)Nc1ccc(-n2c(CCC(=O)N3CCN(c4ccccc4)CC3)ccc2-c2ccc(F)cc2)cc1. The van der Waals surface area contributed by atoms with E-state index < -0.39 is 0 Å². The van der Waals surface area contributed by atoms with Crippen molar-refractivity contribution in [2.75, 3.05) is 36.4 Å². The minimum absolute atomic E-state index is 0.130. The lowest BCUT2D eigenvalue weighted by Gasteiger charge is -2.36. The fraction of sp³-hybridized carbons (Fsp3) is 0.226. The van der Waals surface area contributed by atoms with Crippen molar-refractivity contribution in [3.63, 3.8) is 0 Å². The average Bonchev–Trinajstić information content (AvgIpc) is 3.37. The van der Waals surface area contributed by atoms with Gasteiger partial charge in [-0.2, -0.15) is 0 Å². The minimum Gasteiger partial charge on any atom is -0.368 e. The molecule has 1 aromatic heterocycles. The maximum atomic E-state index is 13.6. The van der Waals surface area contributed by atoms with E-state index in [-0.39, 0.29) is 17.6 Å². The van der Waals surface area contributed by atoms with E-state index in [4.69, 9.17) is 0 Å². The molecule has 4 aromatic rings. The van der Waals surface area contributed by atoms with Gasteiger partial charge in [0.2, 0.25) is 11.8 Å². The first-order valence-electron chi connectivity index (χ1n) is 12.9. The number of halogens is 1. The van der Waals surface area contributed by atoms with Crippen LogP contribution in [0.2, 0.25) is 0 Å². The maximum Gasteiger partial charge on any atom is 0.223 e. The molecule has 0 spiro atoms. The summed E-state index contributed by atoms with van der Waals surface area (Å²) in [5.41, 5.74) is 5.59. The molecule has 7 heteroatoms. The third-order valence-corrected chi connectivity index (χ3v) is 6.90. The molecule has 38 heavy (non-hydrogen) atoms. The number of carbonyl (C=O) groups excluding carboxylic acids is 2. The van der Waals surface area contributed by atoms with Crippen molar-refractivity contribution in [1.82, 2.24) is 9.47 Å². The van der Waals surface area contributed by atoms with E-state index in [1.54, 1.807) is 12.1 Å². The van der Waals surface area contributed by atoms with Crippen molar-refractivity contribution < 1.29 is 14.0 Å². The summed E-state index contributed by atoms with van der Waals surface area (Å²) >= 11 is 0. The number of amides is 2. The Kier molecular flexibility index (Phi) is 7.54. The Labute approximate surface area is 222 Å². The van der Waals surface area contributed by atoms with Gasteiger partial charge in [0.25, 0.3) is 0 Å². The molecule has 2 amide bonds. The van der Waals surface area contributed by atoms with E-state index >= 15 is 0 Å². The number of piperazine rings is 1. The quantitative estimate of drug-likeness (QED) is 0.356. The molecule has 0 saturated carbocycles. The normalized spacial score (nSPS) is 13.4. The van der Waals surface area contributed by atoms with Gasteiger partial charge in [0.1, 0.15) is 5.82 Å². The topological polar surface area (TPSA) is 57.6 Å². The van der Waals surface area contributed by atoms with E-state index in [1.807, 2.05) is 59.5 Å². The van der Waals surface area contributed by atoms with Crippen molar-refractivity contribution >= 4 is 23.2 Å². The summed E-state index contributed by atoms with van der Waals surface area (Å²) in [7, 11) is 0. The number of hydrogen-bond acceptors (Lipinski definition) is 3. The van der Waals surface area contributed by atoms with Crippen molar-refractivity contribution in [3.05, 3.63) is 103 Å². The van der Waals surface area contributed by atoms with Crippen LogP contribution in [0.15, 0.2) is 91.0 Å². The largest absolute Gasteiger partial charge is 0.368 e. The molecule has 1 aliphatic rings. The Morgan fingerprint density at radius 3 is 2.13 bits per heavy atom. The lowest BCUT2D eigenvalue weighted by molar-refractivity contribution is -0.131. The number of aromatic nitrogens is 1. The molecule has 1 aliphatic heterocycles. The molecule has 0 atom stereocenters. The number of nitrogens with zero attached hydrogens (tertiary/aromatic N) is 3. The van der Waals surface area contributed by atoms with E-state index in [2.05, 4.69) is 26.9 Å². The highest BCUT2D eigenvalue weighted by Crippen LogP contribution is 2.29. The van der Waals surface area contributed by atoms with Gasteiger partial charge in [0.15, 0.2) is 0 Å². The first-order chi connectivity index (χ1) is 18.5. The van der Waals surface area contributed by atoms with E-state index in [1.165, 1.54) is 24.7 Å². The summed E-state index contributed by atoms with van der Waals surface area (Å²) in [6.07, 6.45) is 0.981. The maximum absolute atomic E-state index is 13.6. The predicted octanol–water partition coefficient (Wildman–Crippen LogP) is 5.52. The molecule has 0 radical (unpaired) electrons. The third kappa shape index (κ3) is 5.78. The molecule has 3 aromatic carbocycles. The van der Waals surface area contributed by atoms with Gasteiger partial charge >= 0.3 is 0 Å². The van der Waals surface area contributed by atoms with Crippen LogP contribution in [0, 0.1) is 5.82 Å². The fourth-order valence-electron chi connectivity index (χ4n) is 4.97. The Morgan fingerprint density at radius 1 is 0.789 bits per heavy atom. The Morgan fingerprint density at radius 2 is 1.47 bits per heavy atom. The predicted molar refractivity (Wildman–Crippen MR) is 149 cm³/mol. The monoisotopic (exact) mass is 510 g/mol. The highest BCUT2D eigenvalue weighted by Gasteiger charge is 2.22. The second-order valence-electron chi connectivity index (χ2n) is 9.48. The van der Waals surface area contributed by atoms with Crippen LogP contribution in [0.1, 0.15) is 19.0 Å². The number of para-hydroxylation sites is 1. The second kappa shape index (κ2) is 11.3. The standard InChI is InChI=1S/C31H31FN4O2/c1-23(37)33-26-11-13-28(14-12-26)36-29(15-17-30(36)24-7-9-25(32)10-8-24)16-18-31(38)35-21-19-34(20-22-35)27-5-3-2-4-6-27/h2-15,17H,16,18-22H2,1H3,(H,33,37). The summed E-state index contributed by atoms with van der Waals surface area (Å²) in [6, 6.07) is 28.3. The highest BCUT2D eigenvalue weighted by molar-refractivity contribution is 5.88. The number of carbonyl (C=O) groups is 2. The van der Waals surface area contributed by atoms with Crippen molar-refractivity contribution in [3.8, 4) is 16.9 Å². The summed E-state index contributed by atoms with van der Waals surface area (Å²) in [5.74, 6) is -0.269. The van der Waals surface area contributed by atoms with Crippen LogP contribution in [0.3, 0.4) is 0 Å². The number of benzene rings is 3. The number of nitrogens with one attached hydrogen (secondary N) is 1. The van der Waals surface area contributed by atoms with Crippen LogP contribution in [-0.4, -0.2) is 47.5 Å². The second-order valence-corrected chi connectivity index (χ2v) is 9.48. The lowest BCUT2D eigenvalue weighted by atomic mass is 10.1.